The Balaban J connectivity index is 1.87. The largest absolute Gasteiger partial charge is 0.494 e. The van der Waals surface area contributed by atoms with Gasteiger partial charge in [-0.25, -0.2) is 9.97 Å². The molecular formula is C20H25N3O4S. The molecule has 0 spiro atoms. The van der Waals surface area contributed by atoms with Crippen molar-refractivity contribution in [2.45, 2.75) is 39.2 Å². The van der Waals surface area contributed by atoms with E-state index in [1.165, 1.54) is 11.3 Å². The molecule has 4 rings (SSSR count). The van der Waals surface area contributed by atoms with Crippen LogP contribution in [0.2, 0.25) is 0 Å². The summed E-state index contributed by atoms with van der Waals surface area (Å²) in [6.45, 7) is 7.31. The van der Waals surface area contributed by atoms with E-state index >= 15 is 0 Å². The molecule has 0 amide bonds. The first kappa shape index (κ1) is 19.3. The highest BCUT2D eigenvalue weighted by atomic mass is 32.1. The number of fused-ring (bicyclic) bond motifs is 2. The fourth-order valence-corrected chi connectivity index (χ4v) is 5.11. The maximum absolute atomic E-state index is 11.1. The van der Waals surface area contributed by atoms with Gasteiger partial charge < -0.3 is 19.3 Å². The molecule has 0 aliphatic carbocycles. The second-order valence-corrected chi connectivity index (χ2v) is 8.34. The molecule has 1 unspecified atom stereocenters. The number of nitrogens with zero attached hydrogens (tertiary/aromatic N) is 3. The fraction of sp³-hybridized carbons (Fsp3) is 0.500. The Labute approximate surface area is 167 Å². The van der Waals surface area contributed by atoms with Crippen LogP contribution < -0.4 is 9.47 Å². The Morgan fingerprint density at radius 2 is 1.86 bits per heavy atom. The van der Waals surface area contributed by atoms with Gasteiger partial charge >= 0.3 is 0 Å². The summed E-state index contributed by atoms with van der Waals surface area (Å²) < 4.78 is 18.1. The van der Waals surface area contributed by atoms with E-state index < -0.39 is 6.23 Å². The van der Waals surface area contributed by atoms with Gasteiger partial charge in [0.2, 0.25) is 0 Å². The van der Waals surface area contributed by atoms with Crippen molar-refractivity contribution in [1.82, 2.24) is 14.9 Å². The number of rotatable bonds is 4. The number of hydrogen-bond acceptors (Lipinski definition) is 8. The lowest BCUT2D eigenvalue weighted by Gasteiger charge is -2.37. The van der Waals surface area contributed by atoms with E-state index in [4.69, 9.17) is 14.2 Å². The normalized spacial score (nSPS) is 21.9. The molecule has 3 heterocycles. The predicted molar refractivity (Wildman–Crippen MR) is 109 cm³/mol. The smallest absolute Gasteiger partial charge is 0.164 e. The summed E-state index contributed by atoms with van der Waals surface area (Å²) in [5, 5.41) is 11.9. The van der Waals surface area contributed by atoms with Gasteiger partial charge in [0.15, 0.2) is 11.5 Å². The van der Waals surface area contributed by atoms with Gasteiger partial charge in [-0.1, -0.05) is 0 Å². The van der Waals surface area contributed by atoms with Gasteiger partial charge in [-0.15, -0.1) is 11.3 Å². The molecule has 28 heavy (non-hydrogen) atoms. The third kappa shape index (κ3) is 3.20. The summed E-state index contributed by atoms with van der Waals surface area (Å²) in [6, 6.07) is 1.97. The number of thiophene rings is 1. The fourth-order valence-electron chi connectivity index (χ4n) is 3.90. The molecule has 2 aromatic heterocycles. The van der Waals surface area contributed by atoms with Gasteiger partial charge in [0.05, 0.1) is 36.8 Å². The van der Waals surface area contributed by atoms with Crippen LogP contribution in [-0.4, -0.2) is 59.5 Å². The maximum atomic E-state index is 11.1. The van der Waals surface area contributed by atoms with Crippen LogP contribution in [-0.2, 0) is 4.74 Å². The van der Waals surface area contributed by atoms with E-state index in [0.717, 1.165) is 20.7 Å². The molecule has 0 bridgehead atoms. The predicted octanol–water partition coefficient (Wildman–Crippen LogP) is 3.27. The zero-order valence-electron chi connectivity index (χ0n) is 16.7. The van der Waals surface area contributed by atoms with Crippen molar-refractivity contribution in [3.05, 3.63) is 22.8 Å². The standard InChI is InChI=1S/C20H25N3O4S/c1-10-7-21-15-16(22-10)18(26-5)19-13(17(15)25-4)6-14(28-19)20(24)23-8-11(2)27-12(3)9-23/h6-7,11-12,20,24H,8-9H2,1-5H3/t11-,12+,20?. The number of aromatic nitrogens is 2. The van der Waals surface area contributed by atoms with Gasteiger partial charge in [-0.2, -0.15) is 0 Å². The first-order chi connectivity index (χ1) is 13.4. The van der Waals surface area contributed by atoms with Crippen molar-refractivity contribution < 1.29 is 19.3 Å². The third-order valence-corrected chi connectivity index (χ3v) is 6.16. The lowest BCUT2D eigenvalue weighted by Crippen LogP contribution is -2.46. The molecule has 0 radical (unpaired) electrons. The minimum Gasteiger partial charge on any atom is -0.494 e. The molecule has 0 saturated carbocycles. The van der Waals surface area contributed by atoms with Gasteiger partial charge in [0.25, 0.3) is 0 Å². The van der Waals surface area contributed by atoms with E-state index in [1.807, 2.05) is 31.7 Å². The SMILES string of the molecule is COc1c2cc(C(O)N3C[C@@H](C)O[C@@H](C)C3)sc2c(OC)c2nc(C)cnc12. The molecule has 3 atom stereocenters. The number of morpholine rings is 1. The summed E-state index contributed by atoms with van der Waals surface area (Å²) in [6.07, 6.45) is 1.16. The molecule has 1 aliphatic rings. The Bertz CT molecular complexity index is 1010. The van der Waals surface area contributed by atoms with Crippen molar-refractivity contribution in [3.63, 3.8) is 0 Å². The summed E-state index contributed by atoms with van der Waals surface area (Å²) in [5.74, 6) is 1.31. The van der Waals surface area contributed by atoms with Crippen molar-refractivity contribution in [3.8, 4) is 11.5 Å². The van der Waals surface area contributed by atoms with Crippen LogP contribution >= 0.6 is 11.3 Å². The first-order valence-corrected chi connectivity index (χ1v) is 10.1. The van der Waals surface area contributed by atoms with Crippen molar-refractivity contribution in [2.75, 3.05) is 27.3 Å². The molecule has 1 N–H and O–H groups in total. The second kappa shape index (κ2) is 7.44. The zero-order chi connectivity index (χ0) is 20.0. The minimum atomic E-state index is -0.716. The van der Waals surface area contributed by atoms with Crippen LogP contribution in [0.4, 0.5) is 0 Å². The van der Waals surface area contributed by atoms with Crippen LogP contribution in [0.1, 0.15) is 30.6 Å². The molecule has 8 heteroatoms. The topological polar surface area (TPSA) is 76.9 Å². The number of methoxy groups -OCH3 is 2. The molecule has 1 aliphatic heterocycles. The average molecular weight is 404 g/mol. The quantitative estimate of drug-likeness (QED) is 0.716. The van der Waals surface area contributed by atoms with Crippen LogP contribution in [0.15, 0.2) is 12.3 Å². The van der Waals surface area contributed by atoms with Crippen molar-refractivity contribution >= 4 is 32.5 Å². The highest BCUT2D eigenvalue weighted by molar-refractivity contribution is 7.19. The van der Waals surface area contributed by atoms with E-state index in [0.29, 0.717) is 35.6 Å². The zero-order valence-corrected chi connectivity index (χ0v) is 17.5. The van der Waals surface area contributed by atoms with Gasteiger partial charge in [-0.05, 0) is 26.8 Å². The van der Waals surface area contributed by atoms with Crippen LogP contribution in [0, 0.1) is 6.92 Å². The van der Waals surface area contributed by atoms with E-state index in [1.54, 1.807) is 20.4 Å². The van der Waals surface area contributed by atoms with E-state index in [9.17, 15) is 5.11 Å². The Hall–Kier alpha value is -2.00. The summed E-state index contributed by atoms with van der Waals surface area (Å²) in [5.41, 5.74) is 2.13. The summed E-state index contributed by atoms with van der Waals surface area (Å²) >= 11 is 1.50. The Morgan fingerprint density at radius 1 is 1.18 bits per heavy atom. The third-order valence-electron chi connectivity index (χ3n) is 4.98. The molecule has 1 aromatic carbocycles. The van der Waals surface area contributed by atoms with Gasteiger partial charge in [-0.3, -0.25) is 4.90 Å². The van der Waals surface area contributed by atoms with E-state index in [-0.39, 0.29) is 12.2 Å². The molecule has 1 saturated heterocycles. The molecule has 7 nitrogen and oxygen atoms in total. The second-order valence-electron chi connectivity index (χ2n) is 7.25. The highest BCUT2D eigenvalue weighted by Crippen LogP contribution is 2.46. The molecular weight excluding hydrogens is 378 g/mol. The number of hydrogen-bond donors (Lipinski definition) is 1. The van der Waals surface area contributed by atoms with Crippen LogP contribution in [0.3, 0.4) is 0 Å². The van der Waals surface area contributed by atoms with Crippen LogP contribution in [0.25, 0.3) is 21.1 Å². The minimum absolute atomic E-state index is 0.0795. The lowest BCUT2D eigenvalue weighted by molar-refractivity contribution is -0.120. The van der Waals surface area contributed by atoms with Crippen molar-refractivity contribution in [1.29, 1.82) is 0 Å². The number of aliphatic hydroxyl groups excluding tert-OH is 1. The molecule has 150 valence electrons. The number of ether oxygens (including phenoxy) is 3. The maximum Gasteiger partial charge on any atom is 0.164 e. The molecule has 1 fully saturated rings. The highest BCUT2D eigenvalue weighted by Gasteiger charge is 2.30. The van der Waals surface area contributed by atoms with Crippen LogP contribution in [0.5, 0.6) is 11.5 Å². The number of benzene rings is 1. The van der Waals surface area contributed by atoms with Gasteiger partial charge in [0.1, 0.15) is 17.3 Å². The molecule has 3 aromatic rings. The van der Waals surface area contributed by atoms with E-state index in [2.05, 4.69) is 9.97 Å². The summed E-state index contributed by atoms with van der Waals surface area (Å²) in [4.78, 5) is 12.0. The van der Waals surface area contributed by atoms with Gasteiger partial charge in [0, 0.05) is 29.5 Å². The van der Waals surface area contributed by atoms with Crippen molar-refractivity contribution in [2.24, 2.45) is 0 Å². The Kier molecular flexibility index (Phi) is 5.13. The first-order valence-electron chi connectivity index (χ1n) is 9.31. The average Bonchev–Trinajstić information content (AvgIpc) is 3.09. The Morgan fingerprint density at radius 3 is 2.50 bits per heavy atom. The lowest BCUT2D eigenvalue weighted by atomic mass is 10.1. The number of aliphatic hydroxyl groups is 1. The summed E-state index contributed by atoms with van der Waals surface area (Å²) in [7, 11) is 3.26. The number of aryl methyl sites for hydroxylation is 1. The monoisotopic (exact) mass is 403 g/mol.